The number of rotatable bonds is 4. The number of piperidine rings is 1. The van der Waals surface area contributed by atoms with E-state index in [0.29, 0.717) is 42.8 Å². The first-order valence-electron chi connectivity index (χ1n) is 13.7. The van der Waals surface area contributed by atoms with Gasteiger partial charge in [0.15, 0.2) is 0 Å². The van der Waals surface area contributed by atoms with Crippen LogP contribution in [-0.4, -0.2) is 65.2 Å². The van der Waals surface area contributed by atoms with Crippen LogP contribution in [0.5, 0.6) is 5.75 Å². The molecule has 1 aliphatic carbocycles. The van der Waals surface area contributed by atoms with Gasteiger partial charge in [0, 0.05) is 37.5 Å². The number of hydrogen-bond acceptors (Lipinski definition) is 8. The molecule has 0 aromatic carbocycles. The summed E-state index contributed by atoms with van der Waals surface area (Å²) in [6.07, 6.45) is 3.40. The molecule has 6 rings (SSSR count). The van der Waals surface area contributed by atoms with Gasteiger partial charge < -0.3 is 14.4 Å². The molecule has 1 fully saturated rings. The molecule has 218 valence electrons. The SMILES string of the molecule is Cc1c(-c2cc(OC3c4ncccc4CC3(F)F)c3c(C#N)cnn3c2)nnn1C1CCN(C(=O)OC(C)(C)C)CC1. The van der Waals surface area contributed by atoms with Crippen molar-refractivity contribution in [1.82, 2.24) is 34.5 Å². The molecule has 42 heavy (non-hydrogen) atoms. The topological polar surface area (TPSA) is 123 Å². The highest BCUT2D eigenvalue weighted by molar-refractivity contribution is 5.75. The number of fused-ring (bicyclic) bond motifs is 2. The van der Waals surface area contributed by atoms with E-state index in [-0.39, 0.29) is 34.7 Å². The number of nitriles is 1. The van der Waals surface area contributed by atoms with E-state index < -0.39 is 24.0 Å². The van der Waals surface area contributed by atoms with Gasteiger partial charge in [-0.25, -0.2) is 22.8 Å². The average molecular weight is 577 g/mol. The lowest BCUT2D eigenvalue weighted by atomic mass is 10.0. The molecule has 5 heterocycles. The number of amides is 1. The summed E-state index contributed by atoms with van der Waals surface area (Å²) in [5.74, 6) is -3.12. The molecule has 0 bridgehead atoms. The molecule has 1 saturated heterocycles. The number of aromatic nitrogens is 6. The van der Waals surface area contributed by atoms with Crippen LogP contribution in [0.3, 0.4) is 0 Å². The van der Waals surface area contributed by atoms with Crippen molar-refractivity contribution in [3.63, 3.8) is 0 Å². The predicted octanol–water partition coefficient (Wildman–Crippen LogP) is 5.05. The minimum absolute atomic E-state index is 0.0130. The Hall–Kier alpha value is -4.60. The summed E-state index contributed by atoms with van der Waals surface area (Å²) in [5, 5.41) is 22.8. The van der Waals surface area contributed by atoms with E-state index in [1.807, 2.05) is 32.4 Å². The van der Waals surface area contributed by atoms with E-state index in [4.69, 9.17) is 9.47 Å². The first-order valence-corrected chi connectivity index (χ1v) is 13.7. The third-order valence-corrected chi connectivity index (χ3v) is 7.59. The van der Waals surface area contributed by atoms with Crippen molar-refractivity contribution < 1.29 is 23.0 Å². The summed E-state index contributed by atoms with van der Waals surface area (Å²) in [7, 11) is 0. The normalized spacial score (nSPS) is 18.6. The van der Waals surface area contributed by atoms with Gasteiger partial charge in [0.05, 0.1) is 23.6 Å². The van der Waals surface area contributed by atoms with Gasteiger partial charge >= 0.3 is 6.09 Å². The van der Waals surface area contributed by atoms with Crippen LogP contribution in [0.4, 0.5) is 13.6 Å². The third-order valence-electron chi connectivity index (χ3n) is 7.59. The lowest BCUT2D eigenvalue weighted by molar-refractivity contribution is -0.0854. The zero-order valence-corrected chi connectivity index (χ0v) is 23.7. The van der Waals surface area contributed by atoms with Crippen molar-refractivity contribution in [2.24, 2.45) is 0 Å². The fourth-order valence-corrected chi connectivity index (χ4v) is 5.61. The number of pyridine rings is 2. The molecule has 1 unspecified atom stereocenters. The second-order valence-corrected chi connectivity index (χ2v) is 11.7. The molecule has 1 atom stereocenters. The van der Waals surface area contributed by atoms with Crippen molar-refractivity contribution in [2.75, 3.05) is 13.1 Å². The summed E-state index contributed by atoms with van der Waals surface area (Å²) >= 11 is 0. The second kappa shape index (κ2) is 10.0. The Balaban J connectivity index is 1.30. The first-order chi connectivity index (χ1) is 19.9. The Morgan fingerprint density at radius 1 is 1.24 bits per heavy atom. The quantitative estimate of drug-likeness (QED) is 0.331. The zero-order chi connectivity index (χ0) is 29.8. The minimum Gasteiger partial charge on any atom is -0.475 e. The second-order valence-electron chi connectivity index (χ2n) is 11.7. The van der Waals surface area contributed by atoms with Gasteiger partial charge in [0.2, 0.25) is 6.10 Å². The molecular weight excluding hydrogens is 546 g/mol. The maximum Gasteiger partial charge on any atom is 0.410 e. The smallest absolute Gasteiger partial charge is 0.410 e. The molecule has 0 saturated carbocycles. The van der Waals surface area contributed by atoms with Crippen molar-refractivity contribution in [3.05, 3.63) is 59.3 Å². The summed E-state index contributed by atoms with van der Waals surface area (Å²) in [6.45, 7) is 8.44. The van der Waals surface area contributed by atoms with E-state index in [0.717, 1.165) is 5.69 Å². The van der Waals surface area contributed by atoms with Crippen LogP contribution < -0.4 is 4.74 Å². The van der Waals surface area contributed by atoms with Gasteiger partial charge in [-0.1, -0.05) is 11.3 Å². The first kappa shape index (κ1) is 27.6. The van der Waals surface area contributed by atoms with Crippen LogP contribution in [0, 0.1) is 18.3 Å². The van der Waals surface area contributed by atoms with E-state index in [1.54, 1.807) is 29.3 Å². The number of carbonyl (C=O) groups is 1. The van der Waals surface area contributed by atoms with Crippen molar-refractivity contribution >= 4 is 11.6 Å². The number of nitrogens with zero attached hydrogens (tertiary/aromatic N) is 8. The van der Waals surface area contributed by atoms with Crippen LogP contribution in [0.1, 0.15) is 68.3 Å². The third kappa shape index (κ3) is 4.91. The van der Waals surface area contributed by atoms with Crippen LogP contribution in [0.15, 0.2) is 36.8 Å². The van der Waals surface area contributed by atoms with Crippen molar-refractivity contribution in [1.29, 1.82) is 5.26 Å². The Labute approximate surface area is 240 Å². The van der Waals surface area contributed by atoms with Crippen LogP contribution in [0.2, 0.25) is 0 Å². The maximum absolute atomic E-state index is 15.1. The monoisotopic (exact) mass is 576 g/mol. The molecule has 1 aliphatic heterocycles. The molecule has 11 nitrogen and oxygen atoms in total. The highest BCUT2D eigenvalue weighted by atomic mass is 19.3. The molecule has 4 aromatic heterocycles. The Kier molecular flexibility index (Phi) is 6.59. The molecule has 0 radical (unpaired) electrons. The lowest BCUT2D eigenvalue weighted by Crippen LogP contribution is -2.42. The fourth-order valence-electron chi connectivity index (χ4n) is 5.61. The minimum atomic E-state index is -3.19. The van der Waals surface area contributed by atoms with E-state index in [9.17, 15) is 10.1 Å². The number of ether oxygens (including phenoxy) is 2. The number of hydrogen-bond donors (Lipinski definition) is 0. The fraction of sp³-hybridized carbons (Fsp3) is 0.448. The Bertz CT molecular complexity index is 1710. The molecule has 2 aliphatic rings. The van der Waals surface area contributed by atoms with Crippen molar-refractivity contribution in [2.45, 2.75) is 70.6 Å². The molecule has 13 heteroatoms. The molecule has 1 amide bonds. The van der Waals surface area contributed by atoms with Gasteiger partial charge in [0.1, 0.15) is 34.2 Å². The van der Waals surface area contributed by atoms with Gasteiger partial charge in [0.25, 0.3) is 5.92 Å². The van der Waals surface area contributed by atoms with Gasteiger partial charge in [-0.2, -0.15) is 10.4 Å². The number of carbonyl (C=O) groups excluding carboxylic acids is 1. The van der Waals surface area contributed by atoms with Gasteiger partial charge in [-0.15, -0.1) is 5.10 Å². The van der Waals surface area contributed by atoms with Gasteiger partial charge in [-0.3, -0.25) is 4.98 Å². The van der Waals surface area contributed by atoms with Crippen LogP contribution >= 0.6 is 0 Å². The average Bonchev–Trinajstić information content (AvgIpc) is 3.60. The summed E-state index contributed by atoms with van der Waals surface area (Å²) in [6, 6.07) is 6.91. The Morgan fingerprint density at radius 3 is 2.71 bits per heavy atom. The molecule has 0 N–H and O–H groups in total. The van der Waals surface area contributed by atoms with E-state index in [1.165, 1.54) is 16.9 Å². The van der Waals surface area contributed by atoms with Crippen LogP contribution in [-0.2, 0) is 11.2 Å². The van der Waals surface area contributed by atoms with Gasteiger partial charge in [-0.05, 0) is 58.2 Å². The number of likely N-dealkylation sites (tertiary alicyclic amines) is 1. The lowest BCUT2D eigenvalue weighted by Gasteiger charge is -2.33. The number of alkyl halides is 2. The summed E-state index contributed by atoms with van der Waals surface area (Å²) in [4.78, 5) is 18.4. The molecule has 4 aromatic rings. The largest absolute Gasteiger partial charge is 0.475 e. The van der Waals surface area contributed by atoms with E-state index >= 15 is 8.78 Å². The maximum atomic E-state index is 15.1. The standard InChI is InChI=1S/C29H30F2N8O3/c1-17-23(35-36-39(17)21-7-10-37(11-8-21)27(40)42-28(2,3)4)19-12-22(25-20(14-32)15-34-38(25)16-19)41-26-24-18(6-5-9-33-24)13-29(26,30)31/h5-6,9,12,15-16,21,26H,7-8,10-11,13H2,1-4H3. The Morgan fingerprint density at radius 2 is 2.00 bits per heavy atom. The zero-order valence-electron chi connectivity index (χ0n) is 23.7. The number of halogens is 2. The molecular formula is C29H30F2N8O3. The molecule has 0 spiro atoms. The predicted molar refractivity (Wildman–Crippen MR) is 146 cm³/mol. The van der Waals surface area contributed by atoms with Crippen molar-refractivity contribution in [3.8, 4) is 23.1 Å². The highest BCUT2D eigenvalue weighted by Crippen LogP contribution is 2.46. The highest BCUT2D eigenvalue weighted by Gasteiger charge is 2.51. The summed E-state index contributed by atoms with van der Waals surface area (Å²) in [5.41, 5.74) is 2.34. The summed E-state index contributed by atoms with van der Waals surface area (Å²) < 4.78 is 45.1. The van der Waals surface area contributed by atoms with Crippen LogP contribution in [0.25, 0.3) is 16.8 Å². The van der Waals surface area contributed by atoms with E-state index in [2.05, 4.69) is 26.5 Å².